The number of fused-ring (bicyclic) bond motifs is 1. The fraction of sp³-hybridized carbons (Fsp3) is 0.423. The molecule has 38 heavy (non-hydrogen) atoms. The molecule has 1 N–H and O–H groups in total. The number of likely N-dealkylation sites (N-methyl/N-ethyl adjacent to an activating group) is 1. The summed E-state index contributed by atoms with van der Waals surface area (Å²) in [6, 6.07) is 4.57. The number of nitrogens with one attached hydrogen (secondary N) is 1. The number of carbonyl (C=O) groups is 1. The smallest absolute Gasteiger partial charge is 0.434 e. The zero-order chi connectivity index (χ0) is 27.4. The zero-order valence-corrected chi connectivity index (χ0v) is 22.6. The van der Waals surface area contributed by atoms with Crippen LogP contribution in [0.15, 0.2) is 36.2 Å². The van der Waals surface area contributed by atoms with Crippen LogP contribution >= 0.6 is 22.9 Å². The number of hydrogen-bond acceptors (Lipinski definition) is 7. The van der Waals surface area contributed by atoms with Crippen molar-refractivity contribution in [1.82, 2.24) is 20.2 Å². The van der Waals surface area contributed by atoms with Gasteiger partial charge in [0, 0.05) is 43.4 Å². The molecule has 0 unspecified atom stereocenters. The molecule has 0 bridgehead atoms. The van der Waals surface area contributed by atoms with Crippen molar-refractivity contribution in [3.05, 3.63) is 47.0 Å². The molecular weight excluding hydrogens is 541 g/mol. The Hall–Kier alpha value is -2.89. The van der Waals surface area contributed by atoms with E-state index in [1.54, 1.807) is 30.1 Å². The quantitative estimate of drug-likeness (QED) is 0.240. The van der Waals surface area contributed by atoms with Crippen molar-refractivity contribution < 1.29 is 27.4 Å². The molecule has 2 atom stereocenters. The van der Waals surface area contributed by atoms with Gasteiger partial charge in [0.05, 0.1) is 18.7 Å². The number of benzene rings is 1. The number of rotatable bonds is 10. The van der Waals surface area contributed by atoms with Gasteiger partial charge in [-0.1, -0.05) is 17.7 Å². The molecular formula is C26H28ClF3N4O3S. The Morgan fingerprint density at radius 3 is 2.79 bits per heavy atom. The minimum atomic E-state index is -4.57. The normalized spacial score (nSPS) is 17.5. The molecule has 1 aliphatic heterocycles. The van der Waals surface area contributed by atoms with Crippen molar-refractivity contribution in [2.75, 3.05) is 27.2 Å². The Morgan fingerprint density at radius 1 is 1.32 bits per heavy atom. The Morgan fingerprint density at radius 2 is 2.11 bits per heavy atom. The number of halogens is 4. The highest BCUT2D eigenvalue weighted by Crippen LogP contribution is 2.40. The molecule has 0 saturated carbocycles. The number of nitrogens with zero attached hydrogens (tertiary/aromatic N) is 3. The number of aromatic nitrogens is 2. The van der Waals surface area contributed by atoms with Crippen LogP contribution in [0.5, 0.6) is 11.5 Å². The predicted octanol–water partition coefficient (Wildman–Crippen LogP) is 5.96. The highest BCUT2D eigenvalue weighted by Gasteiger charge is 2.35. The van der Waals surface area contributed by atoms with Crippen molar-refractivity contribution in [2.45, 2.75) is 44.0 Å². The third-order valence-corrected chi connectivity index (χ3v) is 7.52. The third-order valence-electron chi connectivity index (χ3n) is 6.29. The lowest BCUT2D eigenvalue weighted by atomic mass is 10.1. The summed E-state index contributed by atoms with van der Waals surface area (Å²) >= 11 is 7.35. The van der Waals surface area contributed by atoms with Gasteiger partial charge in [0.1, 0.15) is 33.3 Å². The monoisotopic (exact) mass is 568 g/mol. The average molecular weight is 569 g/mol. The molecule has 12 heteroatoms. The van der Waals surface area contributed by atoms with Crippen LogP contribution in [0.2, 0.25) is 5.02 Å². The maximum absolute atomic E-state index is 13.2. The number of ether oxygens (including phenoxy) is 2. The van der Waals surface area contributed by atoms with Gasteiger partial charge in [-0.15, -0.1) is 17.9 Å². The van der Waals surface area contributed by atoms with Crippen LogP contribution in [0.3, 0.4) is 0 Å². The van der Waals surface area contributed by atoms with E-state index in [0.29, 0.717) is 41.9 Å². The molecule has 1 amide bonds. The number of unbranched alkanes of at least 4 members (excludes halogenated alkanes) is 2. The van der Waals surface area contributed by atoms with Gasteiger partial charge in [-0.25, -0.2) is 9.97 Å². The van der Waals surface area contributed by atoms with Gasteiger partial charge in [0.15, 0.2) is 5.69 Å². The Kier molecular flexibility index (Phi) is 8.79. The van der Waals surface area contributed by atoms with Gasteiger partial charge in [-0.3, -0.25) is 4.79 Å². The maximum Gasteiger partial charge on any atom is 0.434 e. The highest BCUT2D eigenvalue weighted by molar-refractivity contribution is 7.13. The lowest BCUT2D eigenvalue weighted by Gasteiger charge is -2.21. The lowest BCUT2D eigenvalue weighted by Crippen LogP contribution is -2.41. The van der Waals surface area contributed by atoms with Crippen molar-refractivity contribution in [3.8, 4) is 22.2 Å². The first-order valence-electron chi connectivity index (χ1n) is 12.1. The topological polar surface area (TPSA) is 76.6 Å². The van der Waals surface area contributed by atoms with E-state index in [1.165, 1.54) is 7.11 Å². The molecule has 204 valence electrons. The highest BCUT2D eigenvalue weighted by atomic mass is 35.5. The van der Waals surface area contributed by atoms with Gasteiger partial charge >= 0.3 is 6.18 Å². The van der Waals surface area contributed by atoms with Crippen LogP contribution in [0.1, 0.15) is 31.4 Å². The van der Waals surface area contributed by atoms with E-state index in [4.69, 9.17) is 21.1 Å². The third kappa shape index (κ3) is 6.22. The lowest BCUT2D eigenvalue weighted by molar-refractivity contribution is -0.140. The number of pyridine rings is 1. The summed E-state index contributed by atoms with van der Waals surface area (Å²) in [4.78, 5) is 22.8. The van der Waals surface area contributed by atoms with Gasteiger partial charge in [-0.2, -0.15) is 13.2 Å². The Bertz CT molecular complexity index is 1320. The Balaban J connectivity index is 1.58. The molecule has 2 aromatic heterocycles. The van der Waals surface area contributed by atoms with Crippen LogP contribution in [0, 0.1) is 0 Å². The van der Waals surface area contributed by atoms with Crippen molar-refractivity contribution in [2.24, 2.45) is 0 Å². The minimum absolute atomic E-state index is 0.00905. The molecule has 4 rings (SSSR count). The van der Waals surface area contributed by atoms with Crippen LogP contribution in [0.4, 0.5) is 13.2 Å². The predicted molar refractivity (Wildman–Crippen MR) is 142 cm³/mol. The van der Waals surface area contributed by atoms with Gasteiger partial charge in [0.25, 0.3) is 0 Å². The van der Waals surface area contributed by atoms with E-state index >= 15 is 0 Å². The van der Waals surface area contributed by atoms with Crippen LogP contribution in [-0.4, -0.2) is 60.2 Å². The van der Waals surface area contributed by atoms with Crippen molar-refractivity contribution in [1.29, 1.82) is 0 Å². The standard InChI is InChI=1S/C26H28ClF3N4O3S/c1-4-5-6-7-10-34(2)25(35)18-11-15(13-31-18)37-20-12-17(24-33-21(14-38-24)26(28,29)30)32-23-16(20)8-9-19(36-3)22(23)27/h4,8-9,12,14-15,18,31H,1,5-7,10-11,13H2,2-3H3/t15-,18-/m0/s1. The summed E-state index contributed by atoms with van der Waals surface area (Å²) in [5.41, 5.74) is -0.477. The fourth-order valence-corrected chi connectivity index (χ4v) is 5.34. The number of carbonyl (C=O) groups excluding carboxylic acids is 1. The summed E-state index contributed by atoms with van der Waals surface area (Å²) < 4.78 is 51.1. The van der Waals surface area contributed by atoms with E-state index in [1.807, 2.05) is 6.08 Å². The first-order chi connectivity index (χ1) is 18.1. The van der Waals surface area contributed by atoms with Gasteiger partial charge < -0.3 is 19.7 Å². The summed E-state index contributed by atoms with van der Waals surface area (Å²) in [6.45, 7) is 4.80. The molecule has 0 radical (unpaired) electrons. The second-order valence-corrected chi connectivity index (χ2v) is 10.2. The molecule has 1 fully saturated rings. The van der Waals surface area contributed by atoms with Crippen LogP contribution in [-0.2, 0) is 11.0 Å². The van der Waals surface area contributed by atoms with Crippen molar-refractivity contribution >= 4 is 39.7 Å². The van der Waals surface area contributed by atoms with Gasteiger partial charge in [-0.05, 0) is 31.4 Å². The molecule has 3 aromatic rings. The molecule has 0 spiro atoms. The molecule has 0 aliphatic carbocycles. The van der Waals surface area contributed by atoms with Crippen LogP contribution < -0.4 is 14.8 Å². The van der Waals surface area contributed by atoms with E-state index < -0.39 is 17.9 Å². The van der Waals surface area contributed by atoms with E-state index in [-0.39, 0.29) is 27.7 Å². The van der Waals surface area contributed by atoms with E-state index in [9.17, 15) is 18.0 Å². The van der Waals surface area contributed by atoms with Gasteiger partial charge in [0.2, 0.25) is 5.91 Å². The SMILES string of the molecule is C=CCCCCN(C)C(=O)[C@@H]1C[C@H](Oc2cc(-c3nc(C(F)(F)F)cs3)nc3c(Cl)c(OC)ccc23)CN1. The number of methoxy groups -OCH3 is 1. The summed E-state index contributed by atoms with van der Waals surface area (Å²) in [5.74, 6) is 0.746. The van der Waals surface area contributed by atoms with Crippen molar-refractivity contribution in [3.63, 3.8) is 0 Å². The number of alkyl halides is 3. The largest absolute Gasteiger partial charge is 0.495 e. The number of hydrogen-bond donors (Lipinski definition) is 1. The summed E-state index contributed by atoms with van der Waals surface area (Å²) in [7, 11) is 3.25. The molecule has 1 saturated heterocycles. The molecule has 1 aliphatic rings. The first-order valence-corrected chi connectivity index (χ1v) is 13.3. The fourth-order valence-electron chi connectivity index (χ4n) is 4.27. The maximum atomic E-state index is 13.2. The number of amides is 1. The molecule has 1 aromatic carbocycles. The first kappa shape index (κ1) is 28.1. The number of allylic oxidation sites excluding steroid dienone is 1. The van der Waals surface area contributed by atoms with Crippen LogP contribution in [0.25, 0.3) is 21.6 Å². The zero-order valence-electron chi connectivity index (χ0n) is 21.0. The second-order valence-electron chi connectivity index (χ2n) is 9.00. The second kappa shape index (κ2) is 11.9. The molecule has 3 heterocycles. The molecule has 7 nitrogen and oxygen atoms in total. The summed E-state index contributed by atoms with van der Waals surface area (Å²) in [5, 5.41) is 5.03. The minimum Gasteiger partial charge on any atom is -0.495 e. The van der Waals surface area contributed by atoms with E-state index in [0.717, 1.165) is 36.0 Å². The average Bonchev–Trinajstić information content (AvgIpc) is 3.57. The number of thiazole rings is 1. The summed E-state index contributed by atoms with van der Waals surface area (Å²) in [6.07, 6.45) is 0.165. The van der Waals surface area contributed by atoms with E-state index in [2.05, 4.69) is 21.9 Å². The Labute approximate surface area is 227 Å².